The van der Waals surface area contributed by atoms with Crippen molar-refractivity contribution in [3.05, 3.63) is 35.7 Å². The van der Waals surface area contributed by atoms with Crippen LogP contribution >= 0.6 is 0 Å². The second-order valence-electron chi connectivity index (χ2n) is 5.06. The second-order valence-corrected chi connectivity index (χ2v) is 5.06. The number of carbonyl (C=O) groups is 1. The van der Waals surface area contributed by atoms with E-state index in [1.807, 2.05) is 38.1 Å². The highest BCUT2D eigenvalue weighted by atomic mass is 16.4. The number of benzene rings is 1. The summed E-state index contributed by atoms with van der Waals surface area (Å²) >= 11 is 0. The van der Waals surface area contributed by atoms with Gasteiger partial charge in [0.15, 0.2) is 0 Å². The monoisotopic (exact) mass is 303 g/mol. The molecule has 0 radical (unpaired) electrons. The third kappa shape index (κ3) is 4.14. The smallest absolute Gasteiger partial charge is 0.247 e. The maximum absolute atomic E-state index is 12.0. The molecule has 0 atom stereocenters. The molecule has 6 heteroatoms. The summed E-state index contributed by atoms with van der Waals surface area (Å²) in [5.41, 5.74) is 2.03. The fourth-order valence-electron chi connectivity index (χ4n) is 2.12. The van der Waals surface area contributed by atoms with Gasteiger partial charge in [-0.05, 0) is 26.0 Å². The molecule has 0 unspecified atom stereocenters. The van der Waals surface area contributed by atoms with E-state index in [0.717, 1.165) is 11.1 Å². The number of carbonyl (C=O) groups excluding carboxylic acids is 1. The highest BCUT2D eigenvalue weighted by molar-refractivity contribution is 5.76. The Bertz CT molecular complexity index is 607. The number of aliphatic hydroxyl groups excluding tert-OH is 1. The third-order valence-electron chi connectivity index (χ3n) is 3.42. The van der Waals surface area contributed by atoms with E-state index < -0.39 is 0 Å². The highest BCUT2D eigenvalue weighted by Crippen LogP contribution is 2.18. The Hall–Kier alpha value is -2.21. The zero-order valence-corrected chi connectivity index (χ0v) is 13.0. The second kappa shape index (κ2) is 7.70. The molecular formula is C16H21N3O3. The van der Waals surface area contributed by atoms with E-state index in [1.54, 1.807) is 4.90 Å². The lowest BCUT2D eigenvalue weighted by molar-refractivity contribution is -0.131. The van der Waals surface area contributed by atoms with Crippen molar-refractivity contribution in [1.82, 2.24) is 15.1 Å². The first-order valence-electron chi connectivity index (χ1n) is 7.42. The van der Waals surface area contributed by atoms with Gasteiger partial charge < -0.3 is 14.4 Å². The van der Waals surface area contributed by atoms with Gasteiger partial charge in [-0.2, -0.15) is 0 Å². The minimum Gasteiger partial charge on any atom is -0.421 e. The average Bonchev–Trinajstić information content (AvgIpc) is 3.00. The molecular weight excluding hydrogens is 282 g/mol. The van der Waals surface area contributed by atoms with Crippen LogP contribution in [0.25, 0.3) is 11.5 Å². The molecule has 1 N–H and O–H groups in total. The number of nitrogens with zero attached hydrogens (tertiary/aromatic N) is 3. The molecule has 6 nitrogen and oxygen atoms in total. The van der Waals surface area contributed by atoms with Crippen LogP contribution in [0.1, 0.15) is 24.8 Å². The van der Waals surface area contributed by atoms with Crippen LogP contribution in [0.5, 0.6) is 0 Å². The van der Waals surface area contributed by atoms with Crippen molar-refractivity contribution < 1.29 is 14.3 Å². The first kappa shape index (κ1) is 16.2. The van der Waals surface area contributed by atoms with E-state index in [4.69, 9.17) is 9.52 Å². The molecule has 0 bridgehead atoms. The fourth-order valence-corrected chi connectivity index (χ4v) is 2.12. The Balaban J connectivity index is 1.95. The van der Waals surface area contributed by atoms with Gasteiger partial charge in [0.05, 0.1) is 6.61 Å². The van der Waals surface area contributed by atoms with Crippen LogP contribution in [0.4, 0.5) is 0 Å². The van der Waals surface area contributed by atoms with Crippen LogP contribution in [0, 0.1) is 6.92 Å². The maximum Gasteiger partial charge on any atom is 0.247 e. The summed E-state index contributed by atoms with van der Waals surface area (Å²) in [7, 11) is 0. The van der Waals surface area contributed by atoms with E-state index in [0.29, 0.717) is 37.7 Å². The number of rotatable bonds is 7. The van der Waals surface area contributed by atoms with Gasteiger partial charge in [0.25, 0.3) is 0 Å². The normalized spacial score (nSPS) is 10.7. The predicted molar refractivity (Wildman–Crippen MR) is 82.1 cm³/mol. The molecule has 0 saturated carbocycles. The Morgan fingerprint density at radius 2 is 2.00 bits per heavy atom. The molecule has 0 fully saturated rings. The van der Waals surface area contributed by atoms with E-state index in [-0.39, 0.29) is 12.5 Å². The van der Waals surface area contributed by atoms with Gasteiger partial charge in [0.2, 0.25) is 17.7 Å². The summed E-state index contributed by atoms with van der Waals surface area (Å²) in [4.78, 5) is 13.6. The molecule has 0 saturated heterocycles. The average molecular weight is 303 g/mol. The zero-order valence-electron chi connectivity index (χ0n) is 13.0. The van der Waals surface area contributed by atoms with Gasteiger partial charge in [-0.3, -0.25) is 4.79 Å². The quantitative estimate of drug-likeness (QED) is 0.844. The molecule has 1 heterocycles. The van der Waals surface area contributed by atoms with Crippen molar-refractivity contribution in [2.75, 3.05) is 19.7 Å². The van der Waals surface area contributed by atoms with Gasteiger partial charge in [-0.1, -0.05) is 17.7 Å². The van der Waals surface area contributed by atoms with Crippen molar-refractivity contribution in [3.63, 3.8) is 0 Å². The van der Waals surface area contributed by atoms with Crippen molar-refractivity contribution in [3.8, 4) is 11.5 Å². The third-order valence-corrected chi connectivity index (χ3v) is 3.42. The van der Waals surface area contributed by atoms with Crippen molar-refractivity contribution in [2.45, 2.75) is 26.7 Å². The molecule has 0 aliphatic carbocycles. The predicted octanol–water partition coefficient (Wildman–Crippen LogP) is 1.82. The molecule has 0 aliphatic heterocycles. The summed E-state index contributed by atoms with van der Waals surface area (Å²) in [5, 5.41) is 16.9. The van der Waals surface area contributed by atoms with Gasteiger partial charge in [0, 0.05) is 31.5 Å². The zero-order chi connectivity index (χ0) is 15.9. The van der Waals surface area contributed by atoms with E-state index >= 15 is 0 Å². The Morgan fingerprint density at radius 3 is 2.64 bits per heavy atom. The van der Waals surface area contributed by atoms with Crippen molar-refractivity contribution in [2.24, 2.45) is 0 Å². The number of aromatic nitrogens is 2. The lowest BCUT2D eigenvalue weighted by atomic mass is 10.1. The van der Waals surface area contributed by atoms with Crippen molar-refractivity contribution >= 4 is 5.91 Å². The van der Waals surface area contributed by atoms with Crippen LogP contribution in [0.15, 0.2) is 28.7 Å². The molecule has 1 aromatic heterocycles. The van der Waals surface area contributed by atoms with Gasteiger partial charge >= 0.3 is 0 Å². The van der Waals surface area contributed by atoms with Gasteiger partial charge in [0.1, 0.15) is 0 Å². The van der Waals surface area contributed by atoms with Gasteiger partial charge in [-0.25, -0.2) is 0 Å². The Kier molecular flexibility index (Phi) is 5.66. The summed E-state index contributed by atoms with van der Waals surface area (Å²) in [6.45, 7) is 4.81. The van der Waals surface area contributed by atoms with Crippen molar-refractivity contribution in [1.29, 1.82) is 0 Å². The molecule has 1 aromatic carbocycles. The number of aryl methyl sites for hydroxylation is 2. The lowest BCUT2D eigenvalue weighted by Gasteiger charge is -2.18. The molecule has 2 aromatic rings. The maximum atomic E-state index is 12.0. The molecule has 1 amide bonds. The van der Waals surface area contributed by atoms with E-state index in [1.165, 1.54) is 0 Å². The largest absolute Gasteiger partial charge is 0.421 e. The Morgan fingerprint density at radius 1 is 1.27 bits per heavy atom. The molecule has 118 valence electrons. The lowest BCUT2D eigenvalue weighted by Crippen LogP contribution is -2.33. The number of amides is 1. The SMILES string of the molecule is CCN(CCO)C(=O)CCc1nnc(-c2ccc(C)cc2)o1. The van der Waals surface area contributed by atoms with Crippen LogP contribution in [-0.4, -0.2) is 45.8 Å². The summed E-state index contributed by atoms with van der Waals surface area (Å²) in [5.74, 6) is 0.890. The topological polar surface area (TPSA) is 79.5 Å². The van der Waals surface area contributed by atoms with E-state index in [9.17, 15) is 4.79 Å². The standard InChI is InChI=1S/C16H21N3O3/c1-3-19(10-11-20)15(21)9-8-14-17-18-16(22-14)13-6-4-12(2)5-7-13/h4-7,20H,3,8-11H2,1-2H3. The van der Waals surface area contributed by atoms with Crippen LogP contribution in [0.3, 0.4) is 0 Å². The molecule has 22 heavy (non-hydrogen) atoms. The number of hydrogen-bond acceptors (Lipinski definition) is 5. The molecule has 0 spiro atoms. The summed E-state index contributed by atoms with van der Waals surface area (Å²) in [6, 6.07) is 7.82. The number of hydrogen-bond donors (Lipinski definition) is 1. The van der Waals surface area contributed by atoms with Gasteiger partial charge in [-0.15, -0.1) is 10.2 Å². The highest BCUT2D eigenvalue weighted by Gasteiger charge is 2.14. The minimum atomic E-state index is -0.0301. The summed E-state index contributed by atoms with van der Waals surface area (Å²) < 4.78 is 5.59. The first-order chi connectivity index (χ1) is 10.6. The molecule has 2 rings (SSSR count). The van der Waals surface area contributed by atoms with Crippen LogP contribution in [0.2, 0.25) is 0 Å². The number of aliphatic hydroxyl groups is 1. The molecule has 0 aliphatic rings. The van der Waals surface area contributed by atoms with Crippen LogP contribution in [-0.2, 0) is 11.2 Å². The minimum absolute atomic E-state index is 0.0216. The van der Waals surface area contributed by atoms with E-state index in [2.05, 4.69) is 10.2 Å². The van der Waals surface area contributed by atoms with Crippen LogP contribution < -0.4 is 0 Å². The first-order valence-corrected chi connectivity index (χ1v) is 7.42. The fraction of sp³-hybridized carbons (Fsp3) is 0.438. The number of likely N-dealkylation sites (N-methyl/N-ethyl adjacent to an activating group) is 1. The summed E-state index contributed by atoms with van der Waals surface area (Å²) in [6.07, 6.45) is 0.697. The Labute approximate surface area is 129 Å².